The first-order chi connectivity index (χ1) is 28.8. The standard InChI is InChI=1S/C50H97NO8/c1-3-5-7-9-11-13-15-17-18-19-20-21-22-23-24-25-26-27-28-30-32-34-36-38-40-46(54)51-43(42-58-50-49(57)48(56)47(55)45(41-52)59-50)44(53)39-37-35-33-31-29-16-14-12-10-8-6-4-2/h37,39,43-45,47-50,52-53,55-57H,3-36,38,40-42H2,1-2H3,(H,51,54)/b39-37+/t43-,44+,45+,47-,48?,49?,50+/m0/s1. The van der Waals surface area contributed by atoms with E-state index in [2.05, 4.69) is 19.2 Å². The number of carbonyl (C=O) groups is 1. The molecule has 7 atom stereocenters. The minimum atomic E-state index is -1.56. The van der Waals surface area contributed by atoms with Crippen LogP contribution in [0.2, 0.25) is 0 Å². The van der Waals surface area contributed by atoms with Gasteiger partial charge < -0.3 is 40.3 Å². The van der Waals surface area contributed by atoms with Crippen LogP contribution in [0.5, 0.6) is 0 Å². The van der Waals surface area contributed by atoms with Crippen LogP contribution >= 0.6 is 0 Å². The second kappa shape index (κ2) is 41.0. The number of amides is 1. The summed E-state index contributed by atoms with van der Waals surface area (Å²) in [7, 11) is 0. The van der Waals surface area contributed by atoms with Crippen molar-refractivity contribution in [3.05, 3.63) is 12.2 Å². The van der Waals surface area contributed by atoms with Gasteiger partial charge in [0.1, 0.15) is 24.4 Å². The first-order valence-corrected chi connectivity index (χ1v) is 25.4. The molecule has 0 aromatic rings. The third kappa shape index (κ3) is 31.4. The molecule has 9 heteroatoms. The predicted molar refractivity (Wildman–Crippen MR) is 244 cm³/mol. The van der Waals surface area contributed by atoms with Gasteiger partial charge in [0.05, 0.1) is 25.4 Å². The van der Waals surface area contributed by atoms with Crippen LogP contribution in [0.4, 0.5) is 0 Å². The molecule has 1 aliphatic heterocycles. The molecule has 0 spiro atoms. The van der Waals surface area contributed by atoms with E-state index in [9.17, 15) is 30.3 Å². The van der Waals surface area contributed by atoms with Crippen LogP contribution in [-0.2, 0) is 14.3 Å². The number of aliphatic hydroxyl groups excluding tert-OH is 5. The van der Waals surface area contributed by atoms with E-state index in [1.807, 2.05) is 6.08 Å². The summed E-state index contributed by atoms with van der Waals surface area (Å²) in [5.74, 6) is -0.173. The molecule has 6 N–H and O–H groups in total. The van der Waals surface area contributed by atoms with E-state index in [1.165, 1.54) is 186 Å². The molecule has 0 aliphatic carbocycles. The molecule has 0 bridgehead atoms. The molecule has 59 heavy (non-hydrogen) atoms. The first-order valence-electron chi connectivity index (χ1n) is 25.4. The second-order valence-corrected chi connectivity index (χ2v) is 18.0. The number of unbranched alkanes of at least 4 members (excludes halogenated alkanes) is 33. The van der Waals surface area contributed by atoms with Gasteiger partial charge in [0.2, 0.25) is 5.91 Å². The average molecular weight is 840 g/mol. The number of allylic oxidation sites excluding steroid dienone is 1. The third-order valence-corrected chi connectivity index (χ3v) is 12.4. The van der Waals surface area contributed by atoms with Crippen LogP contribution in [-0.4, -0.2) is 87.5 Å². The lowest BCUT2D eigenvalue weighted by Crippen LogP contribution is -2.60. The largest absolute Gasteiger partial charge is 0.394 e. The Morgan fingerprint density at radius 2 is 0.932 bits per heavy atom. The van der Waals surface area contributed by atoms with E-state index in [0.29, 0.717) is 6.42 Å². The zero-order valence-corrected chi connectivity index (χ0v) is 38.5. The molecule has 350 valence electrons. The molecule has 1 aliphatic rings. The SMILES string of the molecule is CCCCCCCCCCCC/C=C/[C@@H](O)[C@H](CO[C@@H]1O[C@H](CO)[C@H](O)C(O)C1O)NC(=O)CCCCCCCCCCCCCCCCCCCCCCCCCC. The van der Waals surface area contributed by atoms with Gasteiger partial charge in [-0.25, -0.2) is 0 Å². The second-order valence-electron chi connectivity index (χ2n) is 18.0. The smallest absolute Gasteiger partial charge is 0.220 e. The van der Waals surface area contributed by atoms with E-state index >= 15 is 0 Å². The summed E-state index contributed by atoms with van der Waals surface area (Å²) in [6.45, 7) is 3.79. The first kappa shape index (κ1) is 55.9. The van der Waals surface area contributed by atoms with Crippen molar-refractivity contribution in [2.24, 2.45) is 0 Å². The lowest BCUT2D eigenvalue weighted by atomic mass is 9.99. The summed E-state index contributed by atoms with van der Waals surface area (Å²) in [6, 6.07) is -0.798. The summed E-state index contributed by atoms with van der Waals surface area (Å²) >= 11 is 0. The molecular weight excluding hydrogens is 743 g/mol. The van der Waals surface area contributed by atoms with Crippen LogP contribution in [0.3, 0.4) is 0 Å². The normalized spacial score (nSPS) is 20.7. The van der Waals surface area contributed by atoms with Gasteiger partial charge in [-0.1, -0.05) is 231 Å². The highest BCUT2D eigenvalue weighted by molar-refractivity contribution is 5.76. The van der Waals surface area contributed by atoms with E-state index in [1.54, 1.807) is 6.08 Å². The number of ether oxygens (including phenoxy) is 2. The maximum atomic E-state index is 13.0. The third-order valence-electron chi connectivity index (χ3n) is 12.4. The topological polar surface area (TPSA) is 149 Å². The molecular formula is C50H97NO8. The van der Waals surface area contributed by atoms with Crippen LogP contribution in [0, 0.1) is 0 Å². The molecule has 1 heterocycles. The quantitative estimate of drug-likeness (QED) is 0.0263. The van der Waals surface area contributed by atoms with Crippen molar-refractivity contribution in [1.29, 1.82) is 0 Å². The van der Waals surface area contributed by atoms with E-state index in [-0.39, 0.29) is 12.5 Å². The number of hydrogen-bond acceptors (Lipinski definition) is 8. The average Bonchev–Trinajstić information content (AvgIpc) is 3.23. The van der Waals surface area contributed by atoms with Crippen molar-refractivity contribution in [2.75, 3.05) is 13.2 Å². The van der Waals surface area contributed by atoms with Crippen LogP contribution in [0.25, 0.3) is 0 Å². The summed E-state index contributed by atoms with van der Waals surface area (Å²) in [4.78, 5) is 13.0. The van der Waals surface area contributed by atoms with Gasteiger partial charge in [0.15, 0.2) is 6.29 Å². The van der Waals surface area contributed by atoms with Crippen molar-refractivity contribution in [3.8, 4) is 0 Å². The number of nitrogens with one attached hydrogen (secondary N) is 1. The van der Waals surface area contributed by atoms with Crippen LogP contribution in [0.15, 0.2) is 12.2 Å². The van der Waals surface area contributed by atoms with Gasteiger partial charge in [0, 0.05) is 6.42 Å². The van der Waals surface area contributed by atoms with Gasteiger partial charge >= 0.3 is 0 Å². The summed E-state index contributed by atoms with van der Waals surface area (Å²) in [6.07, 6.45) is 41.3. The summed E-state index contributed by atoms with van der Waals surface area (Å²) in [5.41, 5.74) is 0. The maximum absolute atomic E-state index is 13.0. The lowest BCUT2D eigenvalue weighted by molar-refractivity contribution is -0.302. The molecule has 1 rings (SSSR count). The van der Waals surface area contributed by atoms with Crippen molar-refractivity contribution in [1.82, 2.24) is 5.32 Å². The fourth-order valence-corrected chi connectivity index (χ4v) is 8.28. The van der Waals surface area contributed by atoms with Gasteiger partial charge in [-0.15, -0.1) is 0 Å². The molecule has 1 amide bonds. The monoisotopic (exact) mass is 840 g/mol. The molecule has 0 radical (unpaired) electrons. The minimum absolute atomic E-state index is 0.173. The Bertz CT molecular complexity index is 935. The number of hydrogen-bond donors (Lipinski definition) is 6. The highest BCUT2D eigenvalue weighted by atomic mass is 16.7. The van der Waals surface area contributed by atoms with Gasteiger partial charge in [-0.3, -0.25) is 4.79 Å². The maximum Gasteiger partial charge on any atom is 0.220 e. The Morgan fingerprint density at radius 1 is 0.559 bits per heavy atom. The zero-order chi connectivity index (χ0) is 43.0. The molecule has 0 aromatic heterocycles. The lowest BCUT2D eigenvalue weighted by Gasteiger charge is -2.40. The van der Waals surface area contributed by atoms with Gasteiger partial charge in [-0.05, 0) is 19.3 Å². The van der Waals surface area contributed by atoms with Crippen molar-refractivity contribution in [2.45, 2.75) is 288 Å². The Hall–Kier alpha value is -1.07. The van der Waals surface area contributed by atoms with Crippen molar-refractivity contribution in [3.63, 3.8) is 0 Å². The molecule has 0 saturated carbocycles. The Morgan fingerprint density at radius 3 is 1.32 bits per heavy atom. The van der Waals surface area contributed by atoms with Crippen molar-refractivity contribution >= 4 is 5.91 Å². The van der Waals surface area contributed by atoms with Gasteiger partial charge in [0.25, 0.3) is 0 Å². The fraction of sp³-hybridized carbons (Fsp3) is 0.940. The number of aliphatic hydroxyl groups is 5. The van der Waals surface area contributed by atoms with E-state index < -0.39 is 49.5 Å². The molecule has 1 saturated heterocycles. The highest BCUT2D eigenvalue weighted by Gasteiger charge is 2.44. The fourth-order valence-electron chi connectivity index (χ4n) is 8.28. The van der Waals surface area contributed by atoms with Crippen LogP contribution in [0.1, 0.15) is 245 Å². The Kier molecular flexibility index (Phi) is 38.9. The molecule has 0 aromatic carbocycles. The number of carbonyl (C=O) groups excluding carboxylic acids is 1. The number of rotatable bonds is 43. The summed E-state index contributed by atoms with van der Waals surface area (Å²) < 4.78 is 11.2. The molecule has 2 unspecified atom stereocenters. The van der Waals surface area contributed by atoms with Gasteiger partial charge in [-0.2, -0.15) is 0 Å². The minimum Gasteiger partial charge on any atom is -0.394 e. The molecule has 9 nitrogen and oxygen atoms in total. The van der Waals surface area contributed by atoms with Crippen LogP contribution < -0.4 is 5.32 Å². The Labute approximate surface area is 363 Å². The Balaban J connectivity index is 2.21. The highest BCUT2D eigenvalue weighted by Crippen LogP contribution is 2.23. The van der Waals surface area contributed by atoms with E-state index in [0.717, 1.165) is 38.5 Å². The summed E-state index contributed by atoms with van der Waals surface area (Å²) in [5, 5.41) is 54.2. The predicted octanol–water partition coefficient (Wildman–Crippen LogP) is 11.3. The zero-order valence-electron chi connectivity index (χ0n) is 38.5. The molecule has 1 fully saturated rings. The van der Waals surface area contributed by atoms with E-state index in [4.69, 9.17) is 9.47 Å². The van der Waals surface area contributed by atoms with Crippen molar-refractivity contribution < 1.29 is 39.8 Å².